The fourth-order valence-electron chi connectivity index (χ4n) is 1.81. The molecule has 6 heteroatoms. The molecule has 0 aliphatic heterocycles. The molecule has 0 spiro atoms. The minimum Gasteiger partial charge on any atom is -0.484 e. The van der Waals surface area contributed by atoms with Gasteiger partial charge in [-0.05, 0) is 36.1 Å². The number of benzene rings is 1. The molecule has 0 atom stereocenters. The second-order valence-electron chi connectivity index (χ2n) is 4.49. The Morgan fingerprint density at radius 1 is 1.23 bits per heavy atom. The minimum atomic E-state index is -0.439. The smallest absolute Gasteiger partial charge is 0.337 e. The molecular formula is C16H17NO4S. The summed E-state index contributed by atoms with van der Waals surface area (Å²) in [7, 11) is 1.32. The third kappa shape index (κ3) is 4.89. The maximum Gasteiger partial charge on any atom is 0.337 e. The van der Waals surface area contributed by atoms with E-state index in [1.54, 1.807) is 35.6 Å². The van der Waals surface area contributed by atoms with Gasteiger partial charge in [0.2, 0.25) is 0 Å². The van der Waals surface area contributed by atoms with Crippen LogP contribution in [0.15, 0.2) is 41.8 Å². The van der Waals surface area contributed by atoms with Crippen molar-refractivity contribution in [1.82, 2.24) is 5.32 Å². The van der Waals surface area contributed by atoms with Crippen LogP contribution in [0.5, 0.6) is 5.75 Å². The molecule has 1 amide bonds. The topological polar surface area (TPSA) is 64.6 Å². The summed E-state index contributed by atoms with van der Waals surface area (Å²) in [6, 6.07) is 10.6. The number of esters is 1. The molecule has 0 radical (unpaired) electrons. The highest BCUT2D eigenvalue weighted by Gasteiger charge is 2.07. The van der Waals surface area contributed by atoms with Gasteiger partial charge in [-0.1, -0.05) is 12.1 Å². The van der Waals surface area contributed by atoms with Gasteiger partial charge in [-0.2, -0.15) is 0 Å². The third-order valence-electron chi connectivity index (χ3n) is 2.90. The summed E-state index contributed by atoms with van der Waals surface area (Å²) in [6.07, 6.45) is 0.807. The summed E-state index contributed by atoms with van der Waals surface area (Å²) in [5.41, 5.74) is 0.387. The Morgan fingerprint density at radius 2 is 2.09 bits per heavy atom. The van der Waals surface area contributed by atoms with Crippen LogP contribution in [0.25, 0.3) is 0 Å². The van der Waals surface area contributed by atoms with Crippen LogP contribution in [0.2, 0.25) is 0 Å². The molecule has 0 saturated heterocycles. The van der Waals surface area contributed by atoms with Gasteiger partial charge in [-0.15, -0.1) is 11.3 Å². The number of rotatable bonds is 7. The Hall–Kier alpha value is -2.34. The van der Waals surface area contributed by atoms with Crippen molar-refractivity contribution >= 4 is 23.2 Å². The van der Waals surface area contributed by atoms with E-state index in [-0.39, 0.29) is 12.5 Å². The molecule has 116 valence electrons. The zero-order valence-electron chi connectivity index (χ0n) is 12.2. The van der Waals surface area contributed by atoms with Crippen molar-refractivity contribution < 1.29 is 19.1 Å². The normalized spacial score (nSPS) is 10.0. The summed E-state index contributed by atoms with van der Waals surface area (Å²) in [5, 5.41) is 4.80. The van der Waals surface area contributed by atoms with E-state index < -0.39 is 5.97 Å². The van der Waals surface area contributed by atoms with E-state index in [2.05, 4.69) is 10.1 Å². The number of nitrogens with one attached hydrogen (secondary N) is 1. The van der Waals surface area contributed by atoms with Gasteiger partial charge < -0.3 is 14.8 Å². The lowest BCUT2D eigenvalue weighted by Crippen LogP contribution is -2.30. The van der Waals surface area contributed by atoms with Gasteiger partial charge in [0.25, 0.3) is 5.91 Å². The van der Waals surface area contributed by atoms with Crippen molar-refractivity contribution in [3.8, 4) is 5.75 Å². The van der Waals surface area contributed by atoms with Gasteiger partial charge in [0.05, 0.1) is 12.7 Å². The number of carbonyl (C=O) groups excluding carboxylic acids is 2. The first-order valence-corrected chi connectivity index (χ1v) is 7.67. The average molecular weight is 319 g/mol. The van der Waals surface area contributed by atoms with Gasteiger partial charge in [-0.3, -0.25) is 4.79 Å². The van der Waals surface area contributed by atoms with Crippen molar-refractivity contribution in [2.75, 3.05) is 20.3 Å². The summed E-state index contributed by atoms with van der Waals surface area (Å²) in [5.74, 6) is -0.179. The number of ether oxygens (including phenoxy) is 2. The lowest BCUT2D eigenvalue weighted by molar-refractivity contribution is -0.123. The Balaban J connectivity index is 1.75. The van der Waals surface area contributed by atoms with Crippen molar-refractivity contribution in [3.63, 3.8) is 0 Å². The van der Waals surface area contributed by atoms with Gasteiger partial charge in [-0.25, -0.2) is 4.79 Å². The molecule has 0 saturated carbocycles. The SMILES string of the molecule is COC(=O)c1cccc(OCC(=O)NCCc2cccs2)c1. The van der Waals surface area contributed by atoms with Gasteiger partial charge in [0.15, 0.2) is 6.61 Å². The number of hydrogen-bond donors (Lipinski definition) is 1. The van der Waals surface area contributed by atoms with E-state index in [0.29, 0.717) is 17.9 Å². The third-order valence-corrected chi connectivity index (χ3v) is 3.83. The highest BCUT2D eigenvalue weighted by molar-refractivity contribution is 7.09. The van der Waals surface area contributed by atoms with Crippen LogP contribution in [0.4, 0.5) is 0 Å². The van der Waals surface area contributed by atoms with Gasteiger partial charge in [0, 0.05) is 11.4 Å². The molecule has 1 heterocycles. The van der Waals surface area contributed by atoms with Crippen LogP contribution >= 0.6 is 11.3 Å². The number of methoxy groups -OCH3 is 1. The highest BCUT2D eigenvalue weighted by Crippen LogP contribution is 2.14. The first-order chi connectivity index (χ1) is 10.7. The summed E-state index contributed by atoms with van der Waals surface area (Å²) in [6.45, 7) is 0.486. The quantitative estimate of drug-likeness (QED) is 0.795. The lowest BCUT2D eigenvalue weighted by Gasteiger charge is -2.08. The van der Waals surface area contributed by atoms with E-state index in [0.717, 1.165) is 6.42 Å². The molecule has 1 aromatic heterocycles. The molecule has 5 nitrogen and oxygen atoms in total. The van der Waals surface area contributed by atoms with Crippen LogP contribution in [0.1, 0.15) is 15.2 Å². The molecule has 1 aromatic carbocycles. The Labute approximate surface area is 132 Å². The zero-order chi connectivity index (χ0) is 15.8. The molecule has 0 aliphatic rings. The summed E-state index contributed by atoms with van der Waals surface area (Å²) < 4.78 is 10.0. The number of carbonyl (C=O) groups is 2. The Bertz CT molecular complexity index is 625. The summed E-state index contributed by atoms with van der Waals surface area (Å²) in [4.78, 5) is 24.3. The standard InChI is InChI=1S/C16H17NO4S/c1-20-16(19)12-4-2-5-13(10-12)21-11-15(18)17-8-7-14-6-3-9-22-14/h2-6,9-10H,7-8,11H2,1H3,(H,17,18). The first-order valence-electron chi connectivity index (χ1n) is 6.79. The van der Waals surface area contributed by atoms with Crippen LogP contribution in [-0.2, 0) is 16.0 Å². The molecular weight excluding hydrogens is 302 g/mol. The largest absolute Gasteiger partial charge is 0.484 e. The molecule has 0 aliphatic carbocycles. The van der Waals surface area contributed by atoms with E-state index in [1.165, 1.54) is 12.0 Å². The van der Waals surface area contributed by atoms with Crippen molar-refractivity contribution in [2.45, 2.75) is 6.42 Å². The molecule has 2 rings (SSSR count). The average Bonchev–Trinajstić information content (AvgIpc) is 3.06. The van der Waals surface area contributed by atoms with Gasteiger partial charge in [0.1, 0.15) is 5.75 Å². The number of amides is 1. The second-order valence-corrected chi connectivity index (χ2v) is 5.52. The van der Waals surface area contributed by atoms with Crippen molar-refractivity contribution in [1.29, 1.82) is 0 Å². The molecule has 2 aromatic rings. The summed E-state index contributed by atoms with van der Waals surface area (Å²) >= 11 is 1.66. The van der Waals surface area contributed by atoms with Crippen molar-refractivity contribution in [2.24, 2.45) is 0 Å². The van der Waals surface area contributed by atoms with Crippen LogP contribution in [0, 0.1) is 0 Å². The monoisotopic (exact) mass is 319 g/mol. The number of thiophene rings is 1. The maximum absolute atomic E-state index is 11.7. The lowest BCUT2D eigenvalue weighted by atomic mass is 10.2. The van der Waals surface area contributed by atoms with Crippen LogP contribution in [-0.4, -0.2) is 32.1 Å². The molecule has 1 N–H and O–H groups in total. The van der Waals surface area contributed by atoms with E-state index >= 15 is 0 Å². The molecule has 0 unspecified atom stereocenters. The van der Waals surface area contributed by atoms with Gasteiger partial charge >= 0.3 is 5.97 Å². The van der Waals surface area contributed by atoms with Crippen molar-refractivity contribution in [3.05, 3.63) is 52.2 Å². The fraction of sp³-hybridized carbons (Fsp3) is 0.250. The zero-order valence-corrected chi connectivity index (χ0v) is 13.0. The van der Waals surface area contributed by atoms with Crippen LogP contribution in [0.3, 0.4) is 0 Å². The highest BCUT2D eigenvalue weighted by atomic mass is 32.1. The first kappa shape index (κ1) is 16.0. The Morgan fingerprint density at radius 3 is 2.82 bits per heavy atom. The van der Waals surface area contributed by atoms with E-state index in [4.69, 9.17) is 4.74 Å². The van der Waals surface area contributed by atoms with Crippen LogP contribution < -0.4 is 10.1 Å². The van der Waals surface area contributed by atoms with E-state index in [1.807, 2.05) is 17.5 Å². The predicted molar refractivity (Wildman–Crippen MR) is 84.3 cm³/mol. The number of hydrogen-bond acceptors (Lipinski definition) is 5. The minimum absolute atomic E-state index is 0.0882. The molecule has 22 heavy (non-hydrogen) atoms. The fourth-order valence-corrected chi connectivity index (χ4v) is 2.52. The van der Waals surface area contributed by atoms with E-state index in [9.17, 15) is 9.59 Å². The predicted octanol–water partition coefficient (Wildman–Crippen LogP) is 2.27. The Kier molecular flexibility index (Phi) is 5.97. The maximum atomic E-state index is 11.7. The second kappa shape index (κ2) is 8.19. The molecule has 0 bridgehead atoms. The molecule has 0 fully saturated rings.